The van der Waals surface area contributed by atoms with Crippen LogP contribution in [0.25, 0.3) is 21.8 Å². The van der Waals surface area contributed by atoms with Crippen molar-refractivity contribution in [3.05, 3.63) is 54.6 Å². The lowest BCUT2D eigenvalue weighted by Crippen LogP contribution is -2.40. The summed E-state index contributed by atoms with van der Waals surface area (Å²) in [5.74, 6) is 0. The zero-order valence-corrected chi connectivity index (χ0v) is 31.0. The number of hydrogen-bond donors (Lipinski definition) is 0. The van der Waals surface area contributed by atoms with Gasteiger partial charge < -0.3 is 9.80 Å². The molecule has 3 heteroatoms. The van der Waals surface area contributed by atoms with E-state index in [0.717, 1.165) is 6.54 Å². The summed E-state index contributed by atoms with van der Waals surface area (Å²) in [4.78, 5) is 4.96. The number of hydrogen-bond acceptors (Lipinski definition) is 2. The van der Waals surface area contributed by atoms with E-state index in [1.165, 1.54) is 163 Å². The minimum Gasteiger partial charge on any atom is -0.306 e. The fourth-order valence-corrected chi connectivity index (χ4v) is 7.51. The van der Waals surface area contributed by atoms with Crippen LogP contribution in [0.5, 0.6) is 0 Å². The third-order valence-electron chi connectivity index (χ3n) is 10.6. The highest BCUT2D eigenvalue weighted by Crippen LogP contribution is 2.21. The number of nitrogens with zero attached hydrogens (tertiary/aromatic N) is 3. The van der Waals surface area contributed by atoms with Crippen molar-refractivity contribution in [2.45, 2.75) is 167 Å². The zero-order valence-electron chi connectivity index (χ0n) is 31.0. The van der Waals surface area contributed by atoms with E-state index in [-0.39, 0.29) is 0 Å². The third-order valence-corrected chi connectivity index (χ3v) is 10.6. The summed E-state index contributed by atoms with van der Waals surface area (Å²) in [5.41, 5.74) is 2.69. The molecule has 2 atom stereocenters. The number of aromatic nitrogens is 1. The molecule has 0 aliphatic heterocycles. The Balaban J connectivity index is 1.27. The topological polar surface area (TPSA) is 10.4 Å². The third kappa shape index (κ3) is 14.4. The van der Waals surface area contributed by atoms with Crippen LogP contribution >= 0.6 is 0 Å². The van der Waals surface area contributed by atoms with Crippen molar-refractivity contribution in [3.63, 3.8) is 0 Å². The molecule has 3 aromatic rings. The van der Waals surface area contributed by atoms with Gasteiger partial charge in [0.1, 0.15) is 0 Å². The number of para-hydroxylation sites is 2. The Morgan fingerprint density at radius 3 is 1.24 bits per heavy atom. The molecule has 0 aliphatic carbocycles. The van der Waals surface area contributed by atoms with Crippen LogP contribution in [0.1, 0.15) is 148 Å². The Morgan fingerprint density at radius 1 is 0.457 bits per heavy atom. The summed E-state index contributed by atoms with van der Waals surface area (Å²) in [5, 5.41) is 2.67. The van der Waals surface area contributed by atoms with Gasteiger partial charge in [0.25, 0.3) is 0 Å². The van der Waals surface area contributed by atoms with Gasteiger partial charge in [0.2, 0.25) is 11.0 Å². The van der Waals surface area contributed by atoms with Crippen molar-refractivity contribution >= 4 is 21.8 Å². The van der Waals surface area contributed by atoms with Gasteiger partial charge in [-0.3, -0.25) is 0 Å². The van der Waals surface area contributed by atoms with Gasteiger partial charge in [-0.05, 0) is 65.7 Å². The van der Waals surface area contributed by atoms with Gasteiger partial charge in [-0.15, -0.1) is 0 Å². The number of rotatable bonds is 27. The fourth-order valence-electron chi connectivity index (χ4n) is 7.51. The highest BCUT2D eigenvalue weighted by molar-refractivity contribution is 5.88. The average Bonchev–Trinajstić information content (AvgIpc) is 3.05. The van der Waals surface area contributed by atoms with Crippen LogP contribution in [-0.2, 0) is 6.54 Å². The first kappa shape index (κ1) is 38.5. The predicted molar refractivity (Wildman–Crippen MR) is 204 cm³/mol. The molecule has 0 aliphatic rings. The summed E-state index contributed by atoms with van der Waals surface area (Å²) in [6.07, 6.45) is 31.1. The molecule has 3 rings (SSSR count). The first-order valence-electron chi connectivity index (χ1n) is 19.6. The maximum atomic E-state index is 2.56. The van der Waals surface area contributed by atoms with Crippen molar-refractivity contribution < 1.29 is 4.57 Å². The Hall–Kier alpha value is -1.97. The van der Waals surface area contributed by atoms with Crippen molar-refractivity contribution in [2.24, 2.45) is 0 Å². The molecule has 1 aromatic heterocycles. The van der Waals surface area contributed by atoms with Crippen LogP contribution in [0.4, 0.5) is 0 Å². The summed E-state index contributed by atoms with van der Waals surface area (Å²) in [6.45, 7) is 3.36. The molecule has 46 heavy (non-hydrogen) atoms. The molecule has 258 valence electrons. The molecule has 0 saturated heterocycles. The molecule has 1 heterocycles. The van der Waals surface area contributed by atoms with Crippen LogP contribution in [0.15, 0.2) is 54.6 Å². The molecule has 2 unspecified atom stereocenters. The number of benzene rings is 2. The summed E-state index contributed by atoms with van der Waals surface area (Å²) in [7, 11) is 9.14. The average molecular weight is 631 g/mol. The van der Waals surface area contributed by atoms with Crippen LogP contribution in [0, 0.1) is 0 Å². The maximum absolute atomic E-state index is 2.56. The van der Waals surface area contributed by atoms with E-state index in [9.17, 15) is 0 Å². The van der Waals surface area contributed by atoms with E-state index in [4.69, 9.17) is 0 Å². The van der Waals surface area contributed by atoms with Gasteiger partial charge in [0.05, 0.1) is 0 Å². The SMILES string of the molecule is CCCCCCCCCCCCCCCCCCCCC(CCC(CC[n+]1c2ccccc2cc2ccccc21)N(C)C)N(C)C. The van der Waals surface area contributed by atoms with E-state index in [1.54, 1.807) is 0 Å². The van der Waals surface area contributed by atoms with Gasteiger partial charge in [-0.2, -0.15) is 4.57 Å². The van der Waals surface area contributed by atoms with Crippen molar-refractivity contribution in [1.82, 2.24) is 9.80 Å². The Kier molecular flexibility index (Phi) is 19.5. The van der Waals surface area contributed by atoms with E-state index in [0.29, 0.717) is 12.1 Å². The molecule has 0 N–H and O–H groups in total. The van der Waals surface area contributed by atoms with Crippen LogP contribution in [0.3, 0.4) is 0 Å². The molecule has 0 fully saturated rings. The number of aryl methyl sites for hydroxylation is 1. The van der Waals surface area contributed by atoms with E-state index < -0.39 is 0 Å². The Morgan fingerprint density at radius 2 is 0.826 bits per heavy atom. The standard InChI is InChI=1S/C43H72N3/c1-6-7-8-9-10-11-12-13-14-15-16-17-18-19-20-21-22-23-30-40(44(2)3)33-34-41(45(4)5)35-36-46-42-31-26-24-28-38(42)37-39-29-25-27-32-43(39)46/h24-29,31-32,37,40-41H,6-23,30,33-36H2,1-5H3/q+1. The molecule has 3 nitrogen and oxygen atoms in total. The molecule has 0 spiro atoms. The van der Waals surface area contributed by atoms with E-state index in [2.05, 4.69) is 104 Å². The first-order valence-corrected chi connectivity index (χ1v) is 19.6. The lowest BCUT2D eigenvalue weighted by Gasteiger charge is -2.29. The van der Waals surface area contributed by atoms with E-state index >= 15 is 0 Å². The van der Waals surface area contributed by atoms with Gasteiger partial charge in [0, 0.05) is 41.4 Å². The van der Waals surface area contributed by atoms with E-state index in [1.807, 2.05) is 0 Å². The minimum atomic E-state index is 0.591. The van der Waals surface area contributed by atoms with Crippen LogP contribution < -0.4 is 4.57 Å². The second-order valence-electron chi connectivity index (χ2n) is 14.8. The zero-order chi connectivity index (χ0) is 32.8. The number of unbranched alkanes of at least 4 members (excludes halogenated alkanes) is 17. The summed E-state index contributed by atoms with van der Waals surface area (Å²) < 4.78 is 2.56. The molecule has 0 bridgehead atoms. The summed E-state index contributed by atoms with van der Waals surface area (Å²) >= 11 is 0. The molecule has 0 radical (unpaired) electrons. The molecular weight excluding hydrogens is 558 g/mol. The fraction of sp³-hybridized carbons (Fsp3) is 0.698. The highest BCUT2D eigenvalue weighted by atomic mass is 15.1. The van der Waals surface area contributed by atoms with Gasteiger partial charge in [-0.1, -0.05) is 147 Å². The van der Waals surface area contributed by atoms with Gasteiger partial charge in [-0.25, -0.2) is 0 Å². The minimum absolute atomic E-state index is 0.591. The molecule has 0 saturated carbocycles. The second kappa shape index (κ2) is 23.4. The number of fused-ring (bicyclic) bond motifs is 2. The van der Waals surface area contributed by atoms with Crippen molar-refractivity contribution in [2.75, 3.05) is 28.2 Å². The van der Waals surface area contributed by atoms with Crippen molar-refractivity contribution in [1.29, 1.82) is 0 Å². The summed E-state index contributed by atoms with van der Waals surface area (Å²) in [6, 6.07) is 21.4. The lowest BCUT2D eigenvalue weighted by molar-refractivity contribution is -0.646. The number of pyridine rings is 1. The van der Waals surface area contributed by atoms with Crippen molar-refractivity contribution in [3.8, 4) is 0 Å². The highest BCUT2D eigenvalue weighted by Gasteiger charge is 2.21. The van der Waals surface area contributed by atoms with Gasteiger partial charge in [0.15, 0.2) is 6.54 Å². The maximum Gasteiger partial charge on any atom is 0.212 e. The van der Waals surface area contributed by atoms with Crippen LogP contribution in [0.2, 0.25) is 0 Å². The smallest absolute Gasteiger partial charge is 0.212 e. The predicted octanol–water partition coefficient (Wildman–Crippen LogP) is 11.7. The lowest BCUT2D eigenvalue weighted by atomic mass is 9.97. The molecule has 2 aromatic carbocycles. The van der Waals surface area contributed by atoms with Gasteiger partial charge >= 0.3 is 0 Å². The quantitative estimate of drug-likeness (QED) is 0.0471. The Labute approximate surface area is 285 Å². The first-order chi connectivity index (χ1) is 22.5. The Bertz CT molecular complexity index is 1130. The van der Waals surface area contributed by atoms with Crippen LogP contribution in [-0.4, -0.2) is 50.1 Å². The second-order valence-corrected chi connectivity index (χ2v) is 14.8. The monoisotopic (exact) mass is 631 g/mol. The normalized spacial score (nSPS) is 13.4. The molecular formula is C43H72N3+. The molecule has 0 amide bonds. The largest absolute Gasteiger partial charge is 0.306 e.